The molecule has 0 radical (unpaired) electrons. The highest BCUT2D eigenvalue weighted by Crippen LogP contribution is 2.30. The van der Waals surface area contributed by atoms with Gasteiger partial charge in [-0.05, 0) is 42.9 Å². The van der Waals surface area contributed by atoms with Crippen molar-refractivity contribution in [3.63, 3.8) is 0 Å². The summed E-state index contributed by atoms with van der Waals surface area (Å²) in [6.45, 7) is 4.89. The predicted molar refractivity (Wildman–Crippen MR) is 82.5 cm³/mol. The molecule has 1 aliphatic carbocycles. The maximum absolute atomic E-state index is 12.8. The lowest BCUT2D eigenvalue weighted by Gasteiger charge is -2.31. The summed E-state index contributed by atoms with van der Waals surface area (Å²) >= 11 is 5.82. The van der Waals surface area contributed by atoms with Crippen LogP contribution in [-0.2, 0) is 15.9 Å². The highest BCUT2D eigenvalue weighted by Gasteiger charge is 2.29. The zero-order valence-electron chi connectivity index (χ0n) is 12.1. The number of sulfonamides is 1. The van der Waals surface area contributed by atoms with Gasteiger partial charge in [-0.25, -0.2) is 8.42 Å². The molecule has 0 amide bonds. The molecule has 1 aliphatic rings. The van der Waals surface area contributed by atoms with Gasteiger partial charge < -0.3 is 0 Å². The second kappa shape index (κ2) is 6.46. The Morgan fingerprint density at radius 1 is 1.35 bits per heavy atom. The molecule has 0 unspecified atom stereocenters. The Bertz CT molecular complexity index is 567. The van der Waals surface area contributed by atoms with Crippen LogP contribution >= 0.6 is 11.6 Å². The molecule has 0 saturated heterocycles. The number of nitrogens with zero attached hydrogens (tertiary/aromatic N) is 1. The van der Waals surface area contributed by atoms with Crippen molar-refractivity contribution >= 4 is 21.6 Å². The van der Waals surface area contributed by atoms with E-state index >= 15 is 0 Å². The van der Waals surface area contributed by atoms with Crippen LogP contribution in [0.2, 0.25) is 0 Å². The molecule has 112 valence electrons. The Hall–Kier alpha value is -0.580. The molecule has 0 heterocycles. The Morgan fingerprint density at radius 3 is 2.55 bits per heavy atom. The highest BCUT2D eigenvalue weighted by atomic mass is 35.5. The van der Waals surface area contributed by atoms with Crippen LogP contribution in [0.4, 0.5) is 0 Å². The smallest absolute Gasteiger partial charge is 0.207 e. The molecule has 0 spiro atoms. The van der Waals surface area contributed by atoms with Gasteiger partial charge in [-0.3, -0.25) is 0 Å². The average molecular weight is 316 g/mol. The van der Waals surface area contributed by atoms with Crippen LogP contribution in [0, 0.1) is 12.8 Å². The quantitative estimate of drug-likeness (QED) is 0.753. The highest BCUT2D eigenvalue weighted by molar-refractivity contribution is 7.89. The van der Waals surface area contributed by atoms with E-state index in [4.69, 9.17) is 11.6 Å². The SMILES string of the molecule is CCN(CC1CCC1)S(=O)(=O)c1cc(CCl)ccc1C. The van der Waals surface area contributed by atoms with Crippen molar-refractivity contribution in [1.29, 1.82) is 0 Å². The summed E-state index contributed by atoms with van der Waals surface area (Å²) in [5.41, 5.74) is 1.63. The number of benzene rings is 1. The van der Waals surface area contributed by atoms with E-state index in [1.807, 2.05) is 26.0 Å². The largest absolute Gasteiger partial charge is 0.243 e. The molecule has 1 saturated carbocycles. The van der Waals surface area contributed by atoms with E-state index in [-0.39, 0.29) is 0 Å². The molecule has 1 fully saturated rings. The number of aryl methyl sites for hydroxylation is 1. The van der Waals surface area contributed by atoms with Gasteiger partial charge in [0.15, 0.2) is 0 Å². The summed E-state index contributed by atoms with van der Waals surface area (Å²) < 4.78 is 27.2. The van der Waals surface area contributed by atoms with Crippen molar-refractivity contribution in [2.75, 3.05) is 13.1 Å². The first-order chi connectivity index (χ1) is 9.48. The Balaban J connectivity index is 2.31. The fourth-order valence-electron chi connectivity index (χ4n) is 2.51. The number of hydrogen-bond donors (Lipinski definition) is 0. The van der Waals surface area contributed by atoms with Gasteiger partial charge in [-0.2, -0.15) is 4.31 Å². The molecule has 0 bridgehead atoms. The minimum absolute atomic E-state index is 0.331. The summed E-state index contributed by atoms with van der Waals surface area (Å²) in [4.78, 5) is 0.400. The second-order valence-corrected chi connectivity index (χ2v) is 7.66. The molecule has 2 rings (SSSR count). The number of hydrogen-bond acceptors (Lipinski definition) is 2. The standard InChI is InChI=1S/C15H22ClNO2S/c1-3-17(11-13-5-4-6-13)20(18,19)15-9-14(10-16)8-7-12(15)2/h7-9,13H,3-6,10-11H2,1-2H3. The van der Waals surface area contributed by atoms with Gasteiger partial charge in [0.05, 0.1) is 4.90 Å². The number of rotatable bonds is 6. The molecule has 1 aromatic carbocycles. The Labute approximate surface area is 127 Å². The monoisotopic (exact) mass is 315 g/mol. The zero-order chi connectivity index (χ0) is 14.8. The second-order valence-electron chi connectivity index (χ2n) is 5.49. The lowest BCUT2D eigenvalue weighted by molar-refractivity contribution is 0.250. The summed E-state index contributed by atoms with van der Waals surface area (Å²) in [5.74, 6) is 0.860. The van der Waals surface area contributed by atoms with Crippen molar-refractivity contribution in [3.8, 4) is 0 Å². The molecule has 1 aromatic rings. The van der Waals surface area contributed by atoms with E-state index in [9.17, 15) is 8.42 Å². The first-order valence-corrected chi connectivity index (χ1v) is 9.12. The van der Waals surface area contributed by atoms with Gasteiger partial charge in [0.1, 0.15) is 0 Å². The molecule has 3 nitrogen and oxygen atoms in total. The molecular weight excluding hydrogens is 294 g/mol. The van der Waals surface area contributed by atoms with Crippen LogP contribution < -0.4 is 0 Å². The van der Waals surface area contributed by atoms with E-state index in [1.165, 1.54) is 6.42 Å². The lowest BCUT2D eigenvalue weighted by atomic mass is 9.85. The maximum atomic E-state index is 12.8. The normalized spacial score (nSPS) is 16.4. The third-order valence-corrected chi connectivity index (χ3v) is 6.46. The van der Waals surface area contributed by atoms with Crippen LogP contribution in [0.25, 0.3) is 0 Å². The minimum atomic E-state index is -3.41. The topological polar surface area (TPSA) is 37.4 Å². The molecule has 20 heavy (non-hydrogen) atoms. The van der Waals surface area contributed by atoms with Gasteiger partial charge in [0.2, 0.25) is 10.0 Å². The van der Waals surface area contributed by atoms with Gasteiger partial charge in [-0.15, -0.1) is 11.6 Å². The summed E-state index contributed by atoms with van der Waals surface area (Å²) in [6.07, 6.45) is 3.52. The Kier molecular flexibility index (Phi) is 5.10. The van der Waals surface area contributed by atoms with Crippen molar-refractivity contribution in [3.05, 3.63) is 29.3 Å². The fraction of sp³-hybridized carbons (Fsp3) is 0.600. The fourth-order valence-corrected chi connectivity index (χ4v) is 4.47. The summed E-state index contributed by atoms with van der Waals surface area (Å²) in [7, 11) is -3.41. The molecule has 0 aromatic heterocycles. The van der Waals surface area contributed by atoms with E-state index in [2.05, 4.69) is 0 Å². The zero-order valence-corrected chi connectivity index (χ0v) is 13.7. The summed E-state index contributed by atoms with van der Waals surface area (Å²) in [6, 6.07) is 5.42. The molecule has 0 aliphatic heterocycles. The minimum Gasteiger partial charge on any atom is -0.207 e. The third kappa shape index (κ3) is 3.18. The van der Waals surface area contributed by atoms with Crippen molar-refractivity contribution in [2.45, 2.75) is 43.9 Å². The van der Waals surface area contributed by atoms with Crippen molar-refractivity contribution in [2.24, 2.45) is 5.92 Å². The third-order valence-electron chi connectivity index (χ3n) is 4.06. The summed E-state index contributed by atoms with van der Waals surface area (Å²) in [5, 5.41) is 0. The first-order valence-electron chi connectivity index (χ1n) is 7.14. The predicted octanol–water partition coefficient (Wildman–Crippen LogP) is 3.54. The van der Waals surface area contributed by atoms with Crippen molar-refractivity contribution < 1.29 is 8.42 Å². The van der Waals surface area contributed by atoms with Gasteiger partial charge in [0, 0.05) is 19.0 Å². The van der Waals surface area contributed by atoms with Crippen LogP contribution in [0.15, 0.2) is 23.1 Å². The van der Waals surface area contributed by atoms with E-state index < -0.39 is 10.0 Å². The molecule has 0 atom stereocenters. The molecule has 5 heteroatoms. The number of halogens is 1. The maximum Gasteiger partial charge on any atom is 0.243 e. The van der Waals surface area contributed by atoms with E-state index in [1.54, 1.807) is 10.4 Å². The van der Waals surface area contributed by atoms with Crippen molar-refractivity contribution in [1.82, 2.24) is 4.31 Å². The van der Waals surface area contributed by atoms with Gasteiger partial charge in [-0.1, -0.05) is 25.5 Å². The first kappa shape index (κ1) is 15.8. The van der Waals surface area contributed by atoms with Gasteiger partial charge >= 0.3 is 0 Å². The molecular formula is C15H22ClNO2S. The van der Waals surface area contributed by atoms with Gasteiger partial charge in [0.25, 0.3) is 0 Å². The lowest BCUT2D eigenvalue weighted by Crippen LogP contribution is -2.37. The molecule has 0 N–H and O–H groups in total. The number of alkyl halides is 1. The average Bonchev–Trinajstić information content (AvgIpc) is 2.37. The van der Waals surface area contributed by atoms with Crippen LogP contribution in [0.5, 0.6) is 0 Å². The van der Waals surface area contributed by atoms with Crippen LogP contribution in [0.3, 0.4) is 0 Å². The Morgan fingerprint density at radius 2 is 2.05 bits per heavy atom. The van der Waals surface area contributed by atoms with E-state index in [0.29, 0.717) is 29.8 Å². The van der Waals surface area contributed by atoms with Crippen LogP contribution in [0.1, 0.15) is 37.3 Å². The van der Waals surface area contributed by atoms with Crippen LogP contribution in [-0.4, -0.2) is 25.8 Å². The van der Waals surface area contributed by atoms with E-state index in [0.717, 1.165) is 24.0 Å².